The predicted molar refractivity (Wildman–Crippen MR) is 95.9 cm³/mol. The van der Waals surface area contributed by atoms with Crippen LogP contribution in [0.1, 0.15) is 18.0 Å². The summed E-state index contributed by atoms with van der Waals surface area (Å²) in [6, 6.07) is 4.74. The van der Waals surface area contributed by atoms with Crippen LogP contribution in [0.15, 0.2) is 34.8 Å². The number of carbonyl (C=O) groups is 1. The molecule has 0 fully saturated rings. The van der Waals surface area contributed by atoms with Crippen LogP contribution in [0.3, 0.4) is 0 Å². The van der Waals surface area contributed by atoms with E-state index in [1.54, 1.807) is 0 Å². The first-order valence-electron chi connectivity index (χ1n) is 7.31. The van der Waals surface area contributed by atoms with Gasteiger partial charge in [-0.3, -0.25) is 10.1 Å². The molecule has 2 aromatic carbocycles. The Bertz CT molecular complexity index is 870. The third kappa shape index (κ3) is 5.10. The number of nitrogens with one attached hydrogen (secondary N) is 1. The van der Waals surface area contributed by atoms with Crippen molar-refractivity contribution in [2.75, 3.05) is 5.32 Å². The Balaban J connectivity index is 2.54. The number of benzene rings is 2. The lowest BCUT2D eigenvalue weighted by Crippen LogP contribution is -2.16. The van der Waals surface area contributed by atoms with E-state index in [2.05, 4.69) is 26.0 Å². The van der Waals surface area contributed by atoms with Crippen molar-refractivity contribution in [3.8, 4) is 5.75 Å². The summed E-state index contributed by atoms with van der Waals surface area (Å²) in [4.78, 5) is 21.5. The Morgan fingerprint density at radius 3 is 2.67 bits per heavy atom. The normalized spacial score (nSPS) is 11.9. The maximum Gasteiger partial charge on any atom is 0.387 e. The SMILES string of the molecule is O=CC[C@@H](Nc1cc(Br)c(F)cc1[N+](=O)[O-])c1c(Cl)cccc1OC(F)F. The standard InChI is InChI=1S/C16H11BrClF3N2O4/c17-8-6-12(13(23(25)26)7-10(8)19)22-11(4-5-24)15-9(18)2-1-3-14(15)27-16(20)21/h1-3,5-7,11,16,22H,4H2/t11-/m1/s1. The fourth-order valence-corrected chi connectivity index (χ4v) is 3.03. The molecule has 0 unspecified atom stereocenters. The summed E-state index contributed by atoms with van der Waals surface area (Å²) in [5.41, 5.74) is -0.723. The molecule has 0 heterocycles. The Kier molecular flexibility index (Phi) is 7.03. The van der Waals surface area contributed by atoms with Gasteiger partial charge >= 0.3 is 6.61 Å². The molecule has 2 aromatic rings. The molecule has 2 rings (SSSR count). The molecule has 0 aliphatic carbocycles. The van der Waals surface area contributed by atoms with Crippen molar-refractivity contribution in [1.82, 2.24) is 0 Å². The maximum atomic E-state index is 13.6. The van der Waals surface area contributed by atoms with Crippen LogP contribution in [0.4, 0.5) is 24.5 Å². The lowest BCUT2D eigenvalue weighted by molar-refractivity contribution is -0.384. The highest BCUT2D eigenvalue weighted by Gasteiger charge is 2.25. The summed E-state index contributed by atoms with van der Waals surface area (Å²) in [5, 5.41) is 13.9. The van der Waals surface area contributed by atoms with Crippen molar-refractivity contribution in [2.24, 2.45) is 0 Å². The number of rotatable bonds is 8. The Morgan fingerprint density at radius 1 is 1.37 bits per heavy atom. The number of nitro benzene ring substituents is 1. The van der Waals surface area contributed by atoms with Crippen molar-refractivity contribution < 1.29 is 27.6 Å². The number of hydrogen-bond donors (Lipinski definition) is 1. The van der Waals surface area contributed by atoms with Crippen LogP contribution in [-0.2, 0) is 4.79 Å². The van der Waals surface area contributed by atoms with Gasteiger partial charge in [-0.1, -0.05) is 17.7 Å². The van der Waals surface area contributed by atoms with Crippen molar-refractivity contribution in [1.29, 1.82) is 0 Å². The van der Waals surface area contributed by atoms with Gasteiger partial charge in [0.25, 0.3) is 5.69 Å². The molecule has 0 radical (unpaired) electrons. The zero-order valence-electron chi connectivity index (χ0n) is 13.3. The maximum absolute atomic E-state index is 13.6. The first kappa shape index (κ1) is 21.0. The summed E-state index contributed by atoms with van der Waals surface area (Å²) < 4.78 is 43.4. The van der Waals surface area contributed by atoms with Gasteiger partial charge in [0.2, 0.25) is 0 Å². The number of carbonyl (C=O) groups excluding carboxylic acids is 1. The molecule has 1 atom stereocenters. The molecule has 0 spiro atoms. The van der Waals surface area contributed by atoms with Crippen molar-refractivity contribution >= 4 is 45.2 Å². The fraction of sp³-hybridized carbons (Fsp3) is 0.188. The largest absolute Gasteiger partial charge is 0.434 e. The quantitative estimate of drug-likeness (QED) is 0.315. The van der Waals surface area contributed by atoms with E-state index >= 15 is 0 Å². The molecule has 0 amide bonds. The first-order valence-corrected chi connectivity index (χ1v) is 8.48. The van der Waals surface area contributed by atoms with E-state index in [0.29, 0.717) is 12.4 Å². The van der Waals surface area contributed by atoms with Crippen LogP contribution < -0.4 is 10.1 Å². The molecule has 0 bridgehead atoms. The lowest BCUT2D eigenvalue weighted by Gasteiger charge is -2.22. The smallest absolute Gasteiger partial charge is 0.387 e. The number of alkyl halides is 2. The highest BCUT2D eigenvalue weighted by Crippen LogP contribution is 2.39. The van der Waals surface area contributed by atoms with E-state index in [1.807, 2.05) is 0 Å². The molecule has 6 nitrogen and oxygen atoms in total. The Labute approximate surface area is 164 Å². The molecule has 144 valence electrons. The first-order chi connectivity index (χ1) is 12.7. The Morgan fingerprint density at radius 2 is 2.07 bits per heavy atom. The molecule has 0 aromatic heterocycles. The summed E-state index contributed by atoms with van der Waals surface area (Å²) in [7, 11) is 0. The van der Waals surface area contributed by atoms with E-state index in [9.17, 15) is 28.1 Å². The number of nitrogens with zero attached hydrogens (tertiary/aromatic N) is 1. The van der Waals surface area contributed by atoms with Crippen LogP contribution in [0, 0.1) is 15.9 Å². The van der Waals surface area contributed by atoms with Gasteiger partial charge in [0, 0.05) is 17.0 Å². The third-order valence-corrected chi connectivity index (χ3v) is 4.41. The van der Waals surface area contributed by atoms with Gasteiger partial charge in [0.1, 0.15) is 23.5 Å². The van der Waals surface area contributed by atoms with Gasteiger partial charge in [-0.15, -0.1) is 0 Å². The van der Waals surface area contributed by atoms with E-state index in [0.717, 1.165) is 6.07 Å². The monoisotopic (exact) mass is 466 g/mol. The van der Waals surface area contributed by atoms with Crippen LogP contribution in [0.25, 0.3) is 0 Å². The second kappa shape index (κ2) is 9.05. The van der Waals surface area contributed by atoms with E-state index in [-0.39, 0.29) is 32.9 Å². The Hall–Kier alpha value is -2.33. The highest BCUT2D eigenvalue weighted by molar-refractivity contribution is 9.10. The number of nitro groups is 1. The third-order valence-electron chi connectivity index (χ3n) is 3.47. The highest BCUT2D eigenvalue weighted by atomic mass is 79.9. The predicted octanol–water partition coefficient (Wildman–Crippen LogP) is 5.49. The van der Waals surface area contributed by atoms with Crippen LogP contribution in [-0.4, -0.2) is 17.8 Å². The summed E-state index contributed by atoms with van der Waals surface area (Å²) in [6.07, 6.45) is 0.215. The summed E-state index contributed by atoms with van der Waals surface area (Å²) >= 11 is 9.00. The zero-order chi connectivity index (χ0) is 20.1. The van der Waals surface area contributed by atoms with E-state index in [1.165, 1.54) is 18.2 Å². The summed E-state index contributed by atoms with van der Waals surface area (Å²) in [6.45, 7) is -3.15. The number of halogens is 5. The van der Waals surface area contributed by atoms with Crippen molar-refractivity contribution in [2.45, 2.75) is 19.1 Å². The molecule has 0 saturated carbocycles. The molecule has 0 saturated heterocycles. The molecule has 1 N–H and O–H groups in total. The minimum absolute atomic E-state index is 0.0105. The minimum Gasteiger partial charge on any atom is -0.434 e. The number of hydrogen-bond acceptors (Lipinski definition) is 5. The fourth-order valence-electron chi connectivity index (χ4n) is 2.39. The van der Waals surface area contributed by atoms with Crippen LogP contribution in [0.5, 0.6) is 5.75 Å². The number of anilines is 1. The minimum atomic E-state index is -3.15. The summed E-state index contributed by atoms with van der Waals surface area (Å²) in [5.74, 6) is -1.15. The molecule has 0 aliphatic heterocycles. The topological polar surface area (TPSA) is 81.5 Å². The van der Waals surface area contributed by atoms with Gasteiger partial charge in [0.15, 0.2) is 0 Å². The van der Waals surface area contributed by atoms with Gasteiger partial charge < -0.3 is 14.8 Å². The van der Waals surface area contributed by atoms with Gasteiger partial charge in [-0.2, -0.15) is 8.78 Å². The average Bonchev–Trinajstić information content (AvgIpc) is 2.57. The van der Waals surface area contributed by atoms with E-state index < -0.39 is 29.1 Å². The molecule has 27 heavy (non-hydrogen) atoms. The average molecular weight is 468 g/mol. The second-order valence-corrected chi connectivity index (χ2v) is 6.43. The second-order valence-electron chi connectivity index (χ2n) is 5.17. The van der Waals surface area contributed by atoms with Gasteiger partial charge in [-0.05, 0) is 34.1 Å². The van der Waals surface area contributed by atoms with Gasteiger partial charge in [-0.25, -0.2) is 4.39 Å². The number of aldehydes is 1. The van der Waals surface area contributed by atoms with Crippen molar-refractivity contribution in [3.63, 3.8) is 0 Å². The van der Waals surface area contributed by atoms with Crippen LogP contribution in [0.2, 0.25) is 5.02 Å². The zero-order valence-corrected chi connectivity index (χ0v) is 15.6. The van der Waals surface area contributed by atoms with Gasteiger partial charge in [0.05, 0.1) is 21.5 Å². The molecular formula is C16H11BrClF3N2O4. The van der Waals surface area contributed by atoms with Crippen molar-refractivity contribution in [3.05, 3.63) is 61.3 Å². The molecular weight excluding hydrogens is 457 g/mol. The number of ether oxygens (including phenoxy) is 1. The molecule has 11 heteroatoms. The molecule has 0 aliphatic rings. The lowest BCUT2D eigenvalue weighted by atomic mass is 10.0. The van der Waals surface area contributed by atoms with Crippen LogP contribution >= 0.6 is 27.5 Å². The van der Waals surface area contributed by atoms with E-state index in [4.69, 9.17) is 11.6 Å².